The van der Waals surface area contributed by atoms with Crippen molar-refractivity contribution in [3.8, 4) is 0 Å². The molecule has 0 radical (unpaired) electrons. The zero-order valence-electron chi connectivity index (χ0n) is 21.9. The number of ether oxygens (including phenoxy) is 2. The number of phosphoric ester groups is 2. The van der Waals surface area contributed by atoms with Gasteiger partial charge in [-0.15, -0.1) is 0 Å². The Balaban J connectivity index is 1.13. The molecule has 7 heterocycles. The zero-order chi connectivity index (χ0) is 31.0. The lowest BCUT2D eigenvalue weighted by Crippen LogP contribution is -2.52. The Labute approximate surface area is 245 Å². The molecule has 4 unspecified atom stereocenters. The van der Waals surface area contributed by atoms with E-state index in [9.17, 15) is 28.5 Å². The van der Waals surface area contributed by atoms with Crippen molar-refractivity contribution in [3.63, 3.8) is 0 Å². The topological polar surface area (TPSA) is 268 Å². The van der Waals surface area contributed by atoms with Gasteiger partial charge in [0.05, 0.1) is 32.0 Å². The monoisotopic (exact) mass is 661 g/mol. The number of phosphoric acid groups is 2. The molecule has 3 saturated heterocycles. The van der Waals surface area contributed by atoms with Crippen molar-refractivity contribution in [2.75, 3.05) is 13.2 Å². The Bertz CT molecular complexity index is 1560. The molecule has 4 N–H and O–H groups in total. The minimum Gasteiger partial charge on any atom is -0.349 e. The number of amides is 2. The first-order valence-corrected chi connectivity index (χ1v) is 15.9. The summed E-state index contributed by atoms with van der Waals surface area (Å²) < 4.78 is 74.2. The van der Waals surface area contributed by atoms with Gasteiger partial charge in [-0.2, -0.15) is 9.98 Å². The summed E-state index contributed by atoms with van der Waals surface area (Å²) in [6, 6.07) is -2.25. The first-order chi connectivity index (χ1) is 20.9. The fourth-order valence-electron chi connectivity index (χ4n) is 5.43. The summed E-state index contributed by atoms with van der Waals surface area (Å²) in [5.74, 6) is -1.79. The molecule has 0 spiro atoms. The molecule has 3 fully saturated rings. The number of nitrogens with zero attached hydrogens (tertiary/aromatic N) is 7. The van der Waals surface area contributed by atoms with Crippen LogP contribution in [0.5, 0.6) is 0 Å². The van der Waals surface area contributed by atoms with Crippen LogP contribution in [0.25, 0.3) is 0 Å². The van der Waals surface area contributed by atoms with Gasteiger partial charge in [0.25, 0.3) is 11.8 Å². The number of halogens is 1. The second-order valence-corrected chi connectivity index (χ2v) is 13.0. The molecular formula is C20H22FN9O12P2. The highest BCUT2D eigenvalue weighted by Crippen LogP contribution is 2.52. The van der Waals surface area contributed by atoms with E-state index < -0.39 is 102 Å². The normalized spacial score (nSPS) is 45.2. The molecule has 2 bridgehead atoms. The third-order valence-corrected chi connectivity index (χ3v) is 9.33. The average molecular weight is 661 g/mol. The van der Waals surface area contributed by atoms with Crippen molar-refractivity contribution in [2.24, 2.45) is 25.0 Å². The van der Waals surface area contributed by atoms with Crippen LogP contribution in [0.3, 0.4) is 0 Å². The van der Waals surface area contributed by atoms with Gasteiger partial charge < -0.3 is 19.3 Å². The third kappa shape index (κ3) is 5.26. The minimum atomic E-state index is -5.04. The second-order valence-electron chi connectivity index (χ2n) is 10.2. The van der Waals surface area contributed by atoms with E-state index >= 15 is 4.39 Å². The fourth-order valence-corrected chi connectivity index (χ4v) is 7.34. The molecule has 0 saturated carbocycles. The molecular weight excluding hydrogens is 639 g/mol. The lowest BCUT2D eigenvalue weighted by molar-refractivity contribution is -0.120. The van der Waals surface area contributed by atoms with E-state index in [2.05, 4.69) is 30.3 Å². The van der Waals surface area contributed by atoms with E-state index in [1.165, 1.54) is 11.2 Å². The highest BCUT2D eigenvalue weighted by atomic mass is 31.2. The largest absolute Gasteiger partial charge is 0.472 e. The molecule has 24 heteroatoms. The van der Waals surface area contributed by atoms with Gasteiger partial charge in [-0.05, 0) is 0 Å². The van der Waals surface area contributed by atoms with Gasteiger partial charge in [0, 0.05) is 6.42 Å². The first kappa shape index (κ1) is 29.5. The van der Waals surface area contributed by atoms with Crippen molar-refractivity contribution in [1.82, 2.24) is 15.1 Å². The Morgan fingerprint density at radius 2 is 1.66 bits per heavy atom. The summed E-state index contributed by atoms with van der Waals surface area (Å²) in [5.41, 5.74) is 0. The number of nitrogens with one attached hydrogen (secondary N) is 2. The van der Waals surface area contributed by atoms with Gasteiger partial charge in [0.15, 0.2) is 36.5 Å². The molecule has 21 nitrogen and oxygen atoms in total. The Hall–Kier alpha value is -3.17. The quantitative estimate of drug-likeness (QED) is 0.234. The number of hydrogen-bond acceptors (Lipinski definition) is 16. The molecule has 0 aliphatic carbocycles. The standard InChI is InChI=1S/C20H22FN9O12P2/c21-10-13-9(40-19(10)29-5-25-11-14(29)23-4-24-16(11)31)3-38-43(33,34)41-8-1-7(2-37-44(35,36)42-13)39-18(8)30-6-26-12-15(30)27-20(22)28-17(12)32/h4-13,18-19H,1-3H2,(H,33,34)(H,35,36)(H2,22,28,32)/t7-,8+,9+,10-,11?,12?,13+,18+,19+/m0/s1. The van der Waals surface area contributed by atoms with Crippen LogP contribution in [0.1, 0.15) is 6.42 Å². The number of rotatable bonds is 2. The number of fused-ring (bicyclic) bond motifs is 5. The van der Waals surface area contributed by atoms with E-state index in [1.807, 2.05) is 0 Å². The lowest BCUT2D eigenvalue weighted by atomic mass is 10.1. The minimum absolute atomic E-state index is 0.0182. The van der Waals surface area contributed by atoms with Gasteiger partial charge in [-0.1, -0.05) is 0 Å². The summed E-state index contributed by atoms with van der Waals surface area (Å²) >= 11 is 0. The van der Waals surface area contributed by atoms with Crippen LogP contribution in [-0.4, -0.2) is 136 Å². The third-order valence-electron chi connectivity index (χ3n) is 7.33. The summed E-state index contributed by atoms with van der Waals surface area (Å²) in [6.45, 7) is -1.48. The molecule has 2 amide bonds. The maximum absolute atomic E-state index is 15.8. The Morgan fingerprint density at radius 3 is 2.45 bits per heavy atom. The van der Waals surface area contributed by atoms with Gasteiger partial charge in [-0.3, -0.25) is 58.2 Å². The van der Waals surface area contributed by atoms with Crippen molar-refractivity contribution in [2.45, 2.75) is 61.5 Å². The van der Waals surface area contributed by atoms with Crippen LogP contribution in [0.15, 0.2) is 25.0 Å². The van der Waals surface area contributed by atoms with Crippen LogP contribution in [-0.2, 0) is 46.3 Å². The smallest absolute Gasteiger partial charge is 0.349 e. The van der Waals surface area contributed by atoms with Crippen molar-refractivity contribution >= 4 is 64.1 Å². The van der Waals surface area contributed by atoms with Crippen LogP contribution in [0.2, 0.25) is 0 Å². The summed E-state index contributed by atoms with van der Waals surface area (Å²) in [7, 11) is -10.0. The molecule has 7 aliphatic rings. The Morgan fingerprint density at radius 1 is 0.955 bits per heavy atom. The fraction of sp³-hybridized carbons (Fsp3) is 0.600. The van der Waals surface area contributed by atoms with Crippen LogP contribution in [0, 0.1) is 5.41 Å². The molecule has 11 atom stereocenters. The van der Waals surface area contributed by atoms with E-state index in [-0.39, 0.29) is 18.1 Å². The summed E-state index contributed by atoms with van der Waals surface area (Å²) in [4.78, 5) is 67.1. The SMILES string of the molecule is N=C1N=C2C(N=CN2[C@@H]2O[C@@H]3COP(=O)(O)O[C@H]4[C@H](F)[C@H](N5C=NC6C(=O)N=CN=C65)O[C@@H]4COP(=O)(O)O[C@@H]2C3)C(=O)N1. The van der Waals surface area contributed by atoms with Crippen LogP contribution in [0.4, 0.5) is 4.39 Å². The van der Waals surface area contributed by atoms with E-state index in [0.717, 1.165) is 17.6 Å². The van der Waals surface area contributed by atoms with Crippen LogP contribution >= 0.6 is 15.6 Å². The molecule has 236 valence electrons. The highest BCUT2D eigenvalue weighted by molar-refractivity contribution is 7.47. The zero-order valence-corrected chi connectivity index (χ0v) is 23.7. The Kier molecular flexibility index (Phi) is 7.20. The van der Waals surface area contributed by atoms with Crippen molar-refractivity contribution in [3.05, 3.63) is 0 Å². The predicted molar refractivity (Wildman–Crippen MR) is 141 cm³/mol. The number of amidine groups is 2. The predicted octanol–water partition coefficient (Wildman–Crippen LogP) is -1.96. The average Bonchev–Trinajstić information content (AvgIpc) is 3.72. The number of carbonyl (C=O) groups is 2. The number of aliphatic imine (C=N–C) groups is 5. The van der Waals surface area contributed by atoms with Gasteiger partial charge >= 0.3 is 15.6 Å². The van der Waals surface area contributed by atoms with Gasteiger partial charge in [0.2, 0.25) is 5.96 Å². The second kappa shape index (κ2) is 10.7. The van der Waals surface area contributed by atoms with Crippen molar-refractivity contribution in [1.29, 1.82) is 5.41 Å². The first-order valence-electron chi connectivity index (χ1n) is 12.9. The lowest BCUT2D eigenvalue weighted by Gasteiger charge is -2.31. The molecule has 0 aromatic heterocycles. The van der Waals surface area contributed by atoms with Crippen LogP contribution < -0.4 is 5.32 Å². The summed E-state index contributed by atoms with van der Waals surface area (Å²) in [6.07, 6.45) is -7.80. The molecule has 7 rings (SSSR count). The number of carbonyl (C=O) groups excluding carboxylic acids is 2. The van der Waals surface area contributed by atoms with E-state index in [1.54, 1.807) is 0 Å². The summed E-state index contributed by atoms with van der Waals surface area (Å²) in [5, 5.41) is 9.95. The molecule has 0 aromatic rings. The van der Waals surface area contributed by atoms with Gasteiger partial charge in [-0.25, -0.2) is 18.5 Å². The van der Waals surface area contributed by atoms with Crippen molar-refractivity contribution < 1.29 is 60.5 Å². The van der Waals surface area contributed by atoms with Gasteiger partial charge in [0.1, 0.15) is 30.5 Å². The highest BCUT2D eigenvalue weighted by Gasteiger charge is 2.55. The number of hydrogen-bond donors (Lipinski definition) is 4. The molecule has 0 aromatic carbocycles. The molecule has 7 aliphatic heterocycles. The van der Waals surface area contributed by atoms with E-state index in [0.29, 0.717) is 0 Å². The number of alkyl halides is 1. The maximum Gasteiger partial charge on any atom is 0.472 e. The van der Waals surface area contributed by atoms with E-state index in [4.69, 9.17) is 33.0 Å². The number of guanidine groups is 1. The molecule has 44 heavy (non-hydrogen) atoms. The maximum atomic E-state index is 15.8.